The van der Waals surface area contributed by atoms with Crippen LogP contribution in [0, 0.1) is 5.92 Å². The highest BCUT2D eigenvalue weighted by Gasteiger charge is 2.12. The second-order valence-corrected chi connectivity index (χ2v) is 7.41. The van der Waals surface area contributed by atoms with Crippen molar-refractivity contribution in [2.45, 2.75) is 20.3 Å². The average Bonchev–Trinajstić information content (AvgIpc) is 3.02. The first-order chi connectivity index (χ1) is 10.5. The predicted octanol–water partition coefficient (Wildman–Crippen LogP) is 3.18. The van der Waals surface area contributed by atoms with Crippen LogP contribution in [0.3, 0.4) is 0 Å². The van der Waals surface area contributed by atoms with Crippen LogP contribution in [-0.2, 0) is 6.42 Å². The Labute approximate surface area is 135 Å². The Kier molecular flexibility index (Phi) is 4.04. The van der Waals surface area contributed by atoms with E-state index >= 15 is 0 Å². The van der Waals surface area contributed by atoms with Gasteiger partial charge in [-0.3, -0.25) is 10.1 Å². The summed E-state index contributed by atoms with van der Waals surface area (Å²) in [5.74, 6) is 0.303. The third kappa shape index (κ3) is 3.23. The summed E-state index contributed by atoms with van der Waals surface area (Å²) >= 11 is 2.77. The zero-order valence-electron chi connectivity index (χ0n) is 12.2. The van der Waals surface area contributed by atoms with Crippen molar-refractivity contribution >= 4 is 49.1 Å². The lowest BCUT2D eigenvalue weighted by atomic mass is 10.1. The molecule has 0 saturated heterocycles. The number of carbonyl (C=O) groups excluding carboxylic acids is 1. The van der Waals surface area contributed by atoms with Crippen molar-refractivity contribution in [2.75, 3.05) is 11.1 Å². The number of nitrogens with two attached hydrogens (primary N) is 1. The van der Waals surface area contributed by atoms with E-state index in [0.717, 1.165) is 21.6 Å². The number of anilines is 2. The molecule has 0 atom stereocenters. The van der Waals surface area contributed by atoms with Crippen molar-refractivity contribution in [3.8, 4) is 0 Å². The van der Waals surface area contributed by atoms with Crippen LogP contribution in [-0.4, -0.2) is 21.1 Å². The number of rotatable bonds is 4. The van der Waals surface area contributed by atoms with E-state index in [1.54, 1.807) is 18.2 Å². The Morgan fingerprint density at radius 1 is 1.32 bits per heavy atom. The van der Waals surface area contributed by atoms with Crippen LogP contribution < -0.4 is 11.1 Å². The van der Waals surface area contributed by atoms with Crippen LogP contribution in [0.5, 0.6) is 0 Å². The van der Waals surface area contributed by atoms with Gasteiger partial charge in [0, 0.05) is 12.0 Å². The summed E-state index contributed by atoms with van der Waals surface area (Å²) in [6.45, 7) is 4.24. The molecule has 2 heterocycles. The van der Waals surface area contributed by atoms with Crippen molar-refractivity contribution in [1.29, 1.82) is 0 Å². The normalized spacial score (nSPS) is 11.2. The minimum absolute atomic E-state index is 0.207. The monoisotopic (exact) mass is 333 g/mol. The fraction of sp³-hybridized carbons (Fsp3) is 0.286. The van der Waals surface area contributed by atoms with Gasteiger partial charge in [0.1, 0.15) is 5.01 Å². The number of hydrogen-bond acceptors (Lipinski definition) is 7. The quantitative estimate of drug-likeness (QED) is 0.765. The first kappa shape index (κ1) is 14.9. The average molecular weight is 333 g/mol. The number of fused-ring (bicyclic) bond motifs is 1. The summed E-state index contributed by atoms with van der Waals surface area (Å²) in [7, 11) is 0. The van der Waals surface area contributed by atoms with Crippen LogP contribution in [0.1, 0.15) is 29.2 Å². The van der Waals surface area contributed by atoms with Gasteiger partial charge in [0.05, 0.1) is 10.2 Å². The zero-order valence-corrected chi connectivity index (χ0v) is 13.8. The van der Waals surface area contributed by atoms with Crippen LogP contribution >= 0.6 is 22.7 Å². The Hall–Kier alpha value is -2.06. The van der Waals surface area contributed by atoms with Gasteiger partial charge in [-0.25, -0.2) is 4.98 Å². The van der Waals surface area contributed by atoms with E-state index in [9.17, 15) is 4.79 Å². The number of benzene rings is 1. The highest BCUT2D eigenvalue weighted by Crippen LogP contribution is 2.25. The summed E-state index contributed by atoms with van der Waals surface area (Å²) in [4.78, 5) is 16.4. The zero-order chi connectivity index (χ0) is 15.7. The van der Waals surface area contributed by atoms with Crippen LogP contribution in [0.4, 0.5) is 10.3 Å². The van der Waals surface area contributed by atoms with E-state index < -0.39 is 0 Å². The van der Waals surface area contributed by atoms with Crippen molar-refractivity contribution < 1.29 is 4.79 Å². The number of carbonyl (C=O) groups is 1. The van der Waals surface area contributed by atoms with Gasteiger partial charge < -0.3 is 5.73 Å². The molecule has 3 N–H and O–H groups in total. The largest absolute Gasteiger partial charge is 0.375 e. The lowest BCUT2D eigenvalue weighted by molar-refractivity contribution is 0.102. The first-order valence-electron chi connectivity index (χ1n) is 6.81. The fourth-order valence-corrected chi connectivity index (χ4v) is 3.71. The minimum Gasteiger partial charge on any atom is -0.375 e. The number of hydrogen-bond donors (Lipinski definition) is 2. The molecule has 8 heteroatoms. The molecule has 0 spiro atoms. The molecule has 0 fully saturated rings. The Morgan fingerprint density at radius 3 is 2.91 bits per heavy atom. The highest BCUT2D eigenvalue weighted by atomic mass is 32.1. The van der Waals surface area contributed by atoms with Gasteiger partial charge in [-0.1, -0.05) is 36.5 Å². The smallest absolute Gasteiger partial charge is 0.257 e. The summed E-state index contributed by atoms with van der Waals surface area (Å²) in [5, 5.41) is 12.8. The molecule has 0 radical (unpaired) electrons. The van der Waals surface area contributed by atoms with Gasteiger partial charge in [-0.2, -0.15) is 0 Å². The number of aromatic nitrogens is 3. The molecule has 0 saturated carbocycles. The molecule has 0 unspecified atom stereocenters. The number of thiazole rings is 1. The molecule has 0 bridgehead atoms. The highest BCUT2D eigenvalue weighted by molar-refractivity contribution is 7.22. The molecule has 1 aromatic carbocycles. The van der Waals surface area contributed by atoms with Gasteiger partial charge in [-0.05, 0) is 24.1 Å². The number of nitrogens with one attached hydrogen (secondary N) is 1. The van der Waals surface area contributed by atoms with E-state index in [2.05, 4.69) is 34.3 Å². The maximum atomic E-state index is 12.3. The van der Waals surface area contributed by atoms with Crippen molar-refractivity contribution in [3.63, 3.8) is 0 Å². The van der Waals surface area contributed by atoms with Gasteiger partial charge in [0.25, 0.3) is 5.91 Å². The SMILES string of the molecule is CC(C)Cc1nnc(NC(=O)c2ccc3nc(N)sc3c2)s1. The topological polar surface area (TPSA) is 93.8 Å². The lowest BCUT2D eigenvalue weighted by Crippen LogP contribution is -2.11. The molecular weight excluding hydrogens is 318 g/mol. The van der Waals surface area contributed by atoms with Gasteiger partial charge in [0.15, 0.2) is 5.13 Å². The van der Waals surface area contributed by atoms with Crippen LogP contribution in [0.15, 0.2) is 18.2 Å². The van der Waals surface area contributed by atoms with Crippen LogP contribution in [0.25, 0.3) is 10.2 Å². The van der Waals surface area contributed by atoms with Crippen molar-refractivity contribution in [2.24, 2.45) is 5.92 Å². The predicted molar refractivity (Wildman–Crippen MR) is 90.4 cm³/mol. The third-order valence-corrected chi connectivity index (χ3v) is 4.65. The second-order valence-electron chi connectivity index (χ2n) is 5.29. The van der Waals surface area contributed by atoms with E-state index in [1.165, 1.54) is 22.7 Å². The minimum atomic E-state index is -0.207. The molecule has 0 aliphatic carbocycles. The maximum Gasteiger partial charge on any atom is 0.257 e. The van der Waals surface area contributed by atoms with Crippen LogP contribution in [0.2, 0.25) is 0 Å². The summed E-state index contributed by atoms with van der Waals surface area (Å²) in [6, 6.07) is 5.31. The summed E-state index contributed by atoms with van der Waals surface area (Å²) in [5.41, 5.74) is 7.03. The molecule has 3 rings (SSSR count). The molecule has 1 amide bonds. The molecule has 22 heavy (non-hydrogen) atoms. The molecule has 3 aromatic rings. The van der Waals surface area contributed by atoms with Gasteiger partial charge >= 0.3 is 0 Å². The van der Waals surface area contributed by atoms with Gasteiger partial charge in [-0.15, -0.1) is 10.2 Å². The molecule has 0 aliphatic heterocycles. The van der Waals surface area contributed by atoms with E-state index in [0.29, 0.717) is 21.7 Å². The van der Waals surface area contributed by atoms with E-state index in [-0.39, 0.29) is 5.91 Å². The third-order valence-electron chi connectivity index (χ3n) is 2.94. The number of amides is 1. The first-order valence-corrected chi connectivity index (χ1v) is 8.44. The lowest BCUT2D eigenvalue weighted by Gasteiger charge is -2.01. The fourth-order valence-electron chi connectivity index (χ4n) is 1.99. The molecule has 0 aliphatic rings. The van der Waals surface area contributed by atoms with E-state index in [1.807, 2.05) is 0 Å². The van der Waals surface area contributed by atoms with Crippen molar-refractivity contribution in [3.05, 3.63) is 28.8 Å². The molecule has 114 valence electrons. The molecular formula is C14H15N5OS2. The van der Waals surface area contributed by atoms with E-state index in [4.69, 9.17) is 5.73 Å². The Bertz CT molecular complexity index is 824. The summed E-state index contributed by atoms with van der Waals surface area (Å²) < 4.78 is 0.892. The molecule has 2 aromatic heterocycles. The Morgan fingerprint density at radius 2 is 2.14 bits per heavy atom. The summed E-state index contributed by atoms with van der Waals surface area (Å²) in [6.07, 6.45) is 0.861. The molecule has 6 nitrogen and oxygen atoms in total. The van der Waals surface area contributed by atoms with Crippen molar-refractivity contribution in [1.82, 2.24) is 15.2 Å². The number of nitrogens with zero attached hydrogens (tertiary/aromatic N) is 3. The maximum absolute atomic E-state index is 12.3. The Balaban J connectivity index is 1.76. The number of nitrogen functional groups attached to an aromatic ring is 1. The van der Waals surface area contributed by atoms with Gasteiger partial charge in [0.2, 0.25) is 5.13 Å². The second kappa shape index (κ2) is 5.98. The standard InChI is InChI=1S/C14H15N5OS2/c1-7(2)5-11-18-19-14(22-11)17-12(20)8-3-4-9-10(6-8)21-13(15)16-9/h3-4,6-7H,5H2,1-2H3,(H2,15,16)(H,17,19,20).